The summed E-state index contributed by atoms with van der Waals surface area (Å²) in [6.07, 6.45) is 5.64. The van der Waals surface area contributed by atoms with E-state index in [4.69, 9.17) is 10.2 Å². The predicted molar refractivity (Wildman–Crippen MR) is 82.5 cm³/mol. The molecule has 132 valence electrons. The molecule has 0 aliphatic rings. The third-order valence-corrected chi connectivity index (χ3v) is 5.27. The van der Waals surface area contributed by atoms with E-state index in [1.807, 2.05) is 0 Å². The Labute approximate surface area is 161 Å². The average molecular weight is 362 g/mol. The molecule has 9 heteroatoms. The molecule has 0 saturated carbocycles. The van der Waals surface area contributed by atoms with Gasteiger partial charge < -0.3 is 11.6 Å². The first-order valence-corrected chi connectivity index (χ1v) is 9.03. The Morgan fingerprint density at radius 1 is 0.957 bits per heavy atom. The summed E-state index contributed by atoms with van der Waals surface area (Å²) >= 11 is 0. The molecule has 1 atom stereocenters. The fourth-order valence-electron chi connectivity index (χ4n) is 2.39. The number of unbranched alkanes of at least 4 members (excludes halogenated alkanes) is 7. The zero-order valence-electron chi connectivity index (χ0n) is 15.0. The molecule has 0 saturated heterocycles. The van der Waals surface area contributed by atoms with Crippen molar-refractivity contribution in [3.8, 4) is 0 Å². The zero-order valence-corrected chi connectivity index (χ0v) is 16.8. The molecule has 0 heterocycles. The van der Waals surface area contributed by atoms with Crippen molar-refractivity contribution < 1.29 is 63.8 Å². The maximum Gasteiger partial charge on any atom is 1.00 e. The Morgan fingerprint density at radius 3 is 1.74 bits per heavy atom. The van der Waals surface area contributed by atoms with E-state index < -0.39 is 39.6 Å². The quantitative estimate of drug-likeness (QED) is 0.235. The van der Waals surface area contributed by atoms with Crippen molar-refractivity contribution >= 4 is 22.1 Å². The van der Waals surface area contributed by atoms with Gasteiger partial charge in [0.1, 0.15) is 0 Å². The SMILES string of the molecule is CCCCCCCCCCC(CC(=O)O)(C(=O)O)S(=O)(=O)O.[H-].[Na+]. The van der Waals surface area contributed by atoms with E-state index in [1.165, 1.54) is 6.42 Å². The van der Waals surface area contributed by atoms with Gasteiger partial charge in [-0.1, -0.05) is 58.3 Å². The van der Waals surface area contributed by atoms with Crippen LogP contribution < -0.4 is 29.6 Å². The smallest absolute Gasteiger partial charge is 1.00 e. The monoisotopic (exact) mass is 362 g/mol. The molecule has 0 bridgehead atoms. The molecule has 0 fully saturated rings. The van der Waals surface area contributed by atoms with Gasteiger partial charge in [-0.2, -0.15) is 8.42 Å². The summed E-state index contributed by atoms with van der Waals surface area (Å²) in [7, 11) is -5.01. The number of carboxylic acids is 2. The summed E-state index contributed by atoms with van der Waals surface area (Å²) in [6.45, 7) is 2.11. The number of carbonyl (C=O) groups is 2. The minimum absolute atomic E-state index is 0. The van der Waals surface area contributed by atoms with Crippen LogP contribution in [0.5, 0.6) is 0 Å². The van der Waals surface area contributed by atoms with Crippen LogP contribution in [0.3, 0.4) is 0 Å². The van der Waals surface area contributed by atoms with Crippen LogP contribution in [0.4, 0.5) is 0 Å². The van der Waals surface area contributed by atoms with E-state index in [0.29, 0.717) is 6.42 Å². The van der Waals surface area contributed by atoms with Crippen molar-refractivity contribution in [2.45, 2.75) is 75.9 Å². The van der Waals surface area contributed by atoms with Crippen LogP contribution in [-0.4, -0.2) is 39.9 Å². The van der Waals surface area contributed by atoms with Gasteiger partial charge in [0.05, 0.1) is 6.42 Å². The molecule has 3 N–H and O–H groups in total. The normalized spacial score (nSPS) is 13.8. The van der Waals surface area contributed by atoms with Crippen molar-refractivity contribution in [1.82, 2.24) is 0 Å². The van der Waals surface area contributed by atoms with E-state index in [-0.39, 0.29) is 37.4 Å². The topological polar surface area (TPSA) is 129 Å². The summed E-state index contributed by atoms with van der Waals surface area (Å²) in [6, 6.07) is 0. The molecule has 0 aliphatic heterocycles. The third-order valence-electron chi connectivity index (χ3n) is 3.75. The van der Waals surface area contributed by atoms with Gasteiger partial charge in [-0.05, 0) is 6.42 Å². The average Bonchev–Trinajstić information content (AvgIpc) is 2.38. The maximum atomic E-state index is 11.4. The molecule has 0 radical (unpaired) electrons. The number of carboxylic acid groups (broad SMARTS) is 2. The van der Waals surface area contributed by atoms with Crippen LogP contribution in [0.15, 0.2) is 0 Å². The van der Waals surface area contributed by atoms with Crippen LogP contribution in [0.25, 0.3) is 0 Å². The maximum absolute atomic E-state index is 11.4. The van der Waals surface area contributed by atoms with Crippen LogP contribution >= 0.6 is 0 Å². The Morgan fingerprint density at radius 2 is 1.39 bits per heavy atom. The second-order valence-electron chi connectivity index (χ2n) is 5.57. The molecule has 7 nitrogen and oxygen atoms in total. The molecule has 0 spiro atoms. The Hall–Kier alpha value is -0.150. The van der Waals surface area contributed by atoms with Gasteiger partial charge in [0, 0.05) is 0 Å². The van der Waals surface area contributed by atoms with Crippen LogP contribution in [-0.2, 0) is 19.7 Å². The fraction of sp³-hybridized carbons (Fsp3) is 0.857. The van der Waals surface area contributed by atoms with E-state index in [2.05, 4.69) is 6.92 Å². The summed E-state index contributed by atoms with van der Waals surface area (Å²) in [5.41, 5.74) is 0. The number of aliphatic carboxylic acids is 2. The van der Waals surface area contributed by atoms with Crippen LogP contribution in [0.2, 0.25) is 0 Å². The molecule has 0 aliphatic carbocycles. The molecule has 0 rings (SSSR count). The summed E-state index contributed by atoms with van der Waals surface area (Å²) in [4.78, 5) is 22.0. The third kappa shape index (κ3) is 9.05. The first-order valence-electron chi connectivity index (χ1n) is 7.59. The van der Waals surface area contributed by atoms with Gasteiger partial charge in [0.15, 0.2) is 0 Å². The summed E-state index contributed by atoms with van der Waals surface area (Å²) < 4.78 is 29.3. The second kappa shape index (κ2) is 12.2. The number of rotatable bonds is 13. The number of hydrogen-bond donors (Lipinski definition) is 3. The predicted octanol–water partition coefficient (Wildman–Crippen LogP) is -0.180. The van der Waals surface area contributed by atoms with E-state index >= 15 is 0 Å². The van der Waals surface area contributed by atoms with Crippen LogP contribution in [0, 0.1) is 0 Å². The molecule has 0 aromatic rings. The van der Waals surface area contributed by atoms with Crippen molar-refractivity contribution in [3.05, 3.63) is 0 Å². The first kappa shape index (κ1) is 25.1. The van der Waals surface area contributed by atoms with Crippen molar-refractivity contribution in [3.63, 3.8) is 0 Å². The molecule has 23 heavy (non-hydrogen) atoms. The van der Waals surface area contributed by atoms with E-state index in [1.54, 1.807) is 0 Å². The van der Waals surface area contributed by atoms with Gasteiger partial charge in [-0.15, -0.1) is 0 Å². The van der Waals surface area contributed by atoms with Crippen molar-refractivity contribution in [1.29, 1.82) is 0 Å². The van der Waals surface area contributed by atoms with E-state index in [9.17, 15) is 22.6 Å². The molecule has 0 aromatic carbocycles. The Bertz CT molecular complexity index is 470. The van der Waals surface area contributed by atoms with Gasteiger partial charge in [-0.25, -0.2) is 0 Å². The Balaban J connectivity index is -0.00000220. The molecule has 0 amide bonds. The molecule has 1 unspecified atom stereocenters. The van der Waals surface area contributed by atoms with Crippen LogP contribution in [0.1, 0.15) is 72.6 Å². The largest absolute Gasteiger partial charge is 1.00 e. The molecule has 0 aromatic heterocycles. The minimum Gasteiger partial charge on any atom is -1.00 e. The second-order valence-corrected chi connectivity index (χ2v) is 7.30. The van der Waals surface area contributed by atoms with Crippen molar-refractivity contribution in [2.24, 2.45) is 0 Å². The van der Waals surface area contributed by atoms with Gasteiger partial charge in [0.25, 0.3) is 10.1 Å². The first-order chi connectivity index (χ1) is 10.2. The molecular formula is C14H27NaO7S. The van der Waals surface area contributed by atoms with Gasteiger partial charge in [-0.3, -0.25) is 14.1 Å². The summed E-state index contributed by atoms with van der Waals surface area (Å²) in [5.74, 6) is -3.39. The fourth-order valence-corrected chi connectivity index (χ4v) is 3.32. The van der Waals surface area contributed by atoms with E-state index in [0.717, 1.165) is 32.1 Å². The molecular weight excluding hydrogens is 335 g/mol. The minimum atomic E-state index is -5.01. The standard InChI is InChI=1S/C14H26O7S.Na.H/c1-2-3-4-5-6-7-8-9-10-14(13(17)18,11-12(15)16)22(19,20)21;;/h2-11H2,1H3,(H,15,16)(H,17,18)(H,19,20,21);;/q;+1;-1. The summed E-state index contributed by atoms with van der Waals surface area (Å²) in [5, 5.41) is 17.9. The van der Waals surface area contributed by atoms with Gasteiger partial charge >= 0.3 is 41.5 Å². The zero-order chi connectivity index (χ0) is 17.2. The Kier molecular flexibility index (Phi) is 13.4. The van der Waals surface area contributed by atoms with Crippen molar-refractivity contribution in [2.75, 3.05) is 0 Å². The number of hydrogen-bond acceptors (Lipinski definition) is 4. The van der Waals surface area contributed by atoms with Gasteiger partial charge in [0.2, 0.25) is 4.75 Å².